The van der Waals surface area contributed by atoms with E-state index in [0.29, 0.717) is 39.0 Å². The van der Waals surface area contributed by atoms with E-state index in [2.05, 4.69) is 15.5 Å². The molecule has 3 rings (SSSR count). The molecular weight excluding hydrogens is 345 g/mol. The van der Waals surface area contributed by atoms with Crippen LogP contribution in [0.3, 0.4) is 0 Å². The van der Waals surface area contributed by atoms with Crippen LogP contribution in [0.5, 0.6) is 0 Å². The van der Waals surface area contributed by atoms with E-state index in [1.165, 1.54) is 0 Å². The zero-order valence-electron chi connectivity index (χ0n) is 11.2. The molecule has 2 aromatic carbocycles. The van der Waals surface area contributed by atoms with Crippen LogP contribution in [0.1, 0.15) is 5.89 Å². The highest BCUT2D eigenvalue weighted by Crippen LogP contribution is 2.27. The lowest BCUT2D eigenvalue weighted by Gasteiger charge is -2.04. The first-order chi connectivity index (χ1) is 10.6. The van der Waals surface area contributed by atoms with E-state index in [9.17, 15) is 0 Å². The molecule has 1 heterocycles. The monoisotopic (exact) mass is 353 g/mol. The van der Waals surface area contributed by atoms with Crippen molar-refractivity contribution in [3.8, 4) is 11.5 Å². The van der Waals surface area contributed by atoms with E-state index in [1.54, 1.807) is 24.3 Å². The number of aromatic nitrogens is 2. The first kappa shape index (κ1) is 15.2. The number of rotatable bonds is 4. The summed E-state index contributed by atoms with van der Waals surface area (Å²) in [5.41, 5.74) is 1.48. The van der Waals surface area contributed by atoms with Gasteiger partial charge in [-0.05, 0) is 30.3 Å². The second-order valence-corrected chi connectivity index (χ2v) is 5.77. The highest BCUT2D eigenvalue weighted by molar-refractivity contribution is 6.35. The summed E-state index contributed by atoms with van der Waals surface area (Å²) in [5.74, 6) is 0.817. The average Bonchev–Trinajstić information content (AvgIpc) is 2.93. The third-order valence-electron chi connectivity index (χ3n) is 2.88. The molecule has 0 unspecified atom stereocenters. The maximum atomic E-state index is 6.10. The fourth-order valence-electron chi connectivity index (χ4n) is 1.90. The number of nitrogens with zero attached hydrogens (tertiary/aromatic N) is 2. The van der Waals surface area contributed by atoms with Crippen molar-refractivity contribution in [3.05, 3.63) is 63.4 Å². The van der Waals surface area contributed by atoms with Crippen LogP contribution in [0.4, 0.5) is 5.69 Å². The second kappa shape index (κ2) is 6.57. The van der Waals surface area contributed by atoms with E-state index in [1.807, 2.05) is 18.2 Å². The molecule has 0 radical (unpaired) electrons. The molecule has 0 aliphatic heterocycles. The number of benzene rings is 2. The minimum atomic E-state index is 0.355. The van der Waals surface area contributed by atoms with Crippen LogP contribution in [0, 0.1) is 0 Å². The summed E-state index contributed by atoms with van der Waals surface area (Å²) >= 11 is 18.0. The van der Waals surface area contributed by atoms with Crippen LogP contribution in [-0.2, 0) is 6.54 Å². The Morgan fingerprint density at radius 1 is 0.955 bits per heavy atom. The molecule has 22 heavy (non-hydrogen) atoms. The van der Waals surface area contributed by atoms with Gasteiger partial charge in [0.15, 0.2) is 0 Å². The van der Waals surface area contributed by atoms with Crippen molar-refractivity contribution in [1.29, 1.82) is 0 Å². The van der Waals surface area contributed by atoms with Gasteiger partial charge in [-0.25, -0.2) is 0 Å². The Balaban J connectivity index is 1.73. The zero-order valence-corrected chi connectivity index (χ0v) is 13.5. The fourth-order valence-corrected chi connectivity index (χ4v) is 2.64. The Morgan fingerprint density at radius 3 is 2.41 bits per heavy atom. The Bertz CT molecular complexity index is 784. The molecule has 0 aliphatic carbocycles. The van der Waals surface area contributed by atoms with Crippen molar-refractivity contribution in [1.82, 2.24) is 10.2 Å². The van der Waals surface area contributed by atoms with Crippen LogP contribution in [0.25, 0.3) is 11.5 Å². The number of hydrogen-bond acceptors (Lipinski definition) is 4. The quantitative estimate of drug-likeness (QED) is 0.690. The Morgan fingerprint density at radius 2 is 1.68 bits per heavy atom. The SMILES string of the molecule is Clc1cc(Cl)cc(NCc2nnc(-c3ccccc3Cl)o2)c1. The predicted octanol–water partition coefficient (Wildman–Crippen LogP) is 5.31. The minimum Gasteiger partial charge on any atom is -0.419 e. The van der Waals surface area contributed by atoms with Crippen LogP contribution >= 0.6 is 34.8 Å². The molecule has 112 valence electrons. The average molecular weight is 355 g/mol. The van der Waals surface area contributed by atoms with Crippen LogP contribution in [-0.4, -0.2) is 10.2 Å². The molecule has 1 aromatic heterocycles. The van der Waals surface area contributed by atoms with Gasteiger partial charge in [0.1, 0.15) is 0 Å². The summed E-state index contributed by atoms with van der Waals surface area (Å²) in [6.45, 7) is 0.355. The second-order valence-electron chi connectivity index (χ2n) is 4.49. The van der Waals surface area contributed by atoms with Gasteiger partial charge in [0, 0.05) is 15.7 Å². The van der Waals surface area contributed by atoms with Crippen molar-refractivity contribution >= 4 is 40.5 Å². The summed E-state index contributed by atoms with van der Waals surface area (Å²) in [4.78, 5) is 0. The molecule has 4 nitrogen and oxygen atoms in total. The largest absolute Gasteiger partial charge is 0.419 e. The number of halogens is 3. The van der Waals surface area contributed by atoms with Gasteiger partial charge in [-0.3, -0.25) is 0 Å². The first-order valence-corrected chi connectivity index (χ1v) is 7.52. The maximum Gasteiger partial charge on any atom is 0.249 e. The number of anilines is 1. The number of hydrogen-bond donors (Lipinski definition) is 1. The van der Waals surface area contributed by atoms with E-state index in [-0.39, 0.29) is 0 Å². The van der Waals surface area contributed by atoms with Crippen LogP contribution in [0.15, 0.2) is 46.9 Å². The molecule has 1 N–H and O–H groups in total. The van der Waals surface area contributed by atoms with Gasteiger partial charge in [0.25, 0.3) is 0 Å². The van der Waals surface area contributed by atoms with Gasteiger partial charge in [-0.15, -0.1) is 10.2 Å². The van der Waals surface area contributed by atoms with E-state index >= 15 is 0 Å². The predicted molar refractivity (Wildman–Crippen MR) is 88.5 cm³/mol. The standard InChI is InChI=1S/C15H10Cl3N3O/c16-9-5-10(17)7-11(6-9)19-8-14-20-21-15(22-14)12-3-1-2-4-13(12)18/h1-7,19H,8H2. The molecule has 0 spiro atoms. The lowest BCUT2D eigenvalue weighted by Crippen LogP contribution is -1.99. The Hall–Kier alpha value is -1.75. The normalized spacial score (nSPS) is 10.7. The Kier molecular flexibility index (Phi) is 4.52. The van der Waals surface area contributed by atoms with Crippen LogP contribution < -0.4 is 5.32 Å². The highest BCUT2D eigenvalue weighted by Gasteiger charge is 2.11. The first-order valence-electron chi connectivity index (χ1n) is 6.39. The van der Waals surface area contributed by atoms with Gasteiger partial charge >= 0.3 is 0 Å². The van der Waals surface area contributed by atoms with E-state index in [4.69, 9.17) is 39.2 Å². The van der Waals surface area contributed by atoms with Crippen molar-refractivity contribution in [2.45, 2.75) is 6.54 Å². The summed E-state index contributed by atoms with van der Waals surface area (Å²) in [7, 11) is 0. The fraction of sp³-hybridized carbons (Fsp3) is 0.0667. The highest BCUT2D eigenvalue weighted by atomic mass is 35.5. The molecule has 0 amide bonds. The maximum absolute atomic E-state index is 6.10. The Labute approximate surface area is 142 Å². The zero-order chi connectivity index (χ0) is 15.5. The third kappa shape index (κ3) is 3.53. The van der Waals surface area contributed by atoms with Crippen molar-refractivity contribution in [2.75, 3.05) is 5.32 Å². The minimum absolute atomic E-state index is 0.355. The summed E-state index contributed by atoms with van der Waals surface area (Å²) in [6, 6.07) is 12.5. The smallest absolute Gasteiger partial charge is 0.249 e. The molecule has 0 aliphatic rings. The lowest BCUT2D eigenvalue weighted by atomic mass is 10.2. The van der Waals surface area contributed by atoms with Gasteiger partial charge in [0.05, 0.1) is 17.1 Å². The molecule has 0 saturated carbocycles. The molecule has 3 aromatic rings. The van der Waals surface area contributed by atoms with Gasteiger partial charge in [-0.1, -0.05) is 46.9 Å². The molecular formula is C15H10Cl3N3O. The van der Waals surface area contributed by atoms with Crippen LogP contribution in [0.2, 0.25) is 15.1 Å². The number of nitrogens with one attached hydrogen (secondary N) is 1. The summed E-state index contributed by atoms with van der Waals surface area (Å²) < 4.78 is 5.60. The molecule has 0 fully saturated rings. The van der Waals surface area contributed by atoms with Gasteiger partial charge in [0.2, 0.25) is 11.8 Å². The lowest BCUT2D eigenvalue weighted by molar-refractivity contribution is 0.515. The van der Waals surface area contributed by atoms with E-state index < -0.39 is 0 Å². The van der Waals surface area contributed by atoms with Gasteiger partial charge in [-0.2, -0.15) is 0 Å². The molecule has 0 saturated heterocycles. The molecule has 0 bridgehead atoms. The topological polar surface area (TPSA) is 51.0 Å². The third-order valence-corrected chi connectivity index (χ3v) is 3.64. The van der Waals surface area contributed by atoms with Crippen molar-refractivity contribution < 1.29 is 4.42 Å². The summed E-state index contributed by atoms with van der Waals surface area (Å²) in [5, 5.41) is 12.8. The molecule has 7 heteroatoms. The van der Waals surface area contributed by atoms with Gasteiger partial charge < -0.3 is 9.73 Å². The molecule has 0 atom stereocenters. The van der Waals surface area contributed by atoms with Crippen molar-refractivity contribution in [3.63, 3.8) is 0 Å². The van der Waals surface area contributed by atoms with Crippen molar-refractivity contribution in [2.24, 2.45) is 0 Å². The summed E-state index contributed by atoms with van der Waals surface area (Å²) in [6.07, 6.45) is 0. The van der Waals surface area contributed by atoms with E-state index in [0.717, 1.165) is 5.69 Å².